The predicted octanol–water partition coefficient (Wildman–Crippen LogP) is 2.82. The van der Waals surface area contributed by atoms with E-state index in [1.54, 1.807) is 17.0 Å². The Kier molecular flexibility index (Phi) is 3.72. The number of carbonyl (C=O) groups excluding carboxylic acids is 1. The molecule has 1 aromatic rings. The highest BCUT2D eigenvalue weighted by molar-refractivity contribution is 6.32. The number of benzene rings is 1. The molecule has 0 aromatic heterocycles. The molecule has 2 saturated heterocycles. The Bertz CT molecular complexity index is 613. The van der Waals surface area contributed by atoms with Crippen molar-refractivity contribution in [3.63, 3.8) is 0 Å². The molecule has 1 amide bonds. The molecule has 2 fully saturated rings. The summed E-state index contributed by atoms with van der Waals surface area (Å²) in [4.78, 5) is 25.3. The topological polar surface area (TPSA) is 57.6 Å². The molecule has 2 aliphatic heterocycles. The van der Waals surface area contributed by atoms with Gasteiger partial charge in [0, 0.05) is 23.2 Å². The van der Waals surface area contributed by atoms with Crippen LogP contribution in [0, 0.1) is 5.92 Å². The molecule has 4 nitrogen and oxygen atoms in total. The maximum atomic E-state index is 12.4. The molecule has 0 spiro atoms. The lowest BCUT2D eigenvalue weighted by molar-refractivity contribution is -0.143. The fourth-order valence-corrected chi connectivity index (χ4v) is 3.65. The Morgan fingerprint density at radius 3 is 2.71 bits per heavy atom. The average molecular weight is 306 g/mol. The summed E-state index contributed by atoms with van der Waals surface area (Å²) in [5, 5.41) is 9.80. The van der Waals surface area contributed by atoms with Crippen LogP contribution in [-0.2, 0) is 9.59 Å². The number of aliphatic carboxylic acids is 1. The Balaban J connectivity index is 1.75. The monoisotopic (exact) mass is 305 g/mol. The SMILES string of the molecule is O=C(O)C1CC2CCC1N2C(=O)C=Cc1ccccc1Cl. The van der Waals surface area contributed by atoms with Crippen molar-refractivity contribution in [1.29, 1.82) is 0 Å². The van der Waals surface area contributed by atoms with E-state index < -0.39 is 11.9 Å². The molecule has 0 radical (unpaired) electrons. The van der Waals surface area contributed by atoms with E-state index in [-0.39, 0.29) is 18.0 Å². The van der Waals surface area contributed by atoms with Crippen LogP contribution in [0.1, 0.15) is 24.8 Å². The Labute approximate surface area is 128 Å². The van der Waals surface area contributed by atoms with Crippen LogP contribution in [0.25, 0.3) is 6.08 Å². The quantitative estimate of drug-likeness (QED) is 0.874. The van der Waals surface area contributed by atoms with Crippen LogP contribution in [0.4, 0.5) is 0 Å². The van der Waals surface area contributed by atoms with Gasteiger partial charge < -0.3 is 10.0 Å². The van der Waals surface area contributed by atoms with Crippen molar-refractivity contribution in [2.24, 2.45) is 5.92 Å². The molecule has 2 heterocycles. The maximum Gasteiger partial charge on any atom is 0.308 e. The normalized spacial score (nSPS) is 27.5. The third-order valence-electron chi connectivity index (χ3n) is 4.42. The predicted molar refractivity (Wildman–Crippen MR) is 79.9 cm³/mol. The summed E-state index contributed by atoms with van der Waals surface area (Å²) in [7, 11) is 0. The first kappa shape index (κ1) is 14.1. The van der Waals surface area contributed by atoms with Crippen LogP contribution in [0.5, 0.6) is 0 Å². The molecule has 0 aliphatic carbocycles. The number of carbonyl (C=O) groups is 2. The molecular formula is C16H16ClNO3. The minimum absolute atomic E-state index is 0.0690. The number of carboxylic acid groups (broad SMARTS) is 1. The van der Waals surface area contributed by atoms with Gasteiger partial charge in [-0.25, -0.2) is 0 Å². The largest absolute Gasteiger partial charge is 0.481 e. The smallest absolute Gasteiger partial charge is 0.308 e. The molecule has 1 N–H and O–H groups in total. The van der Waals surface area contributed by atoms with Crippen LogP contribution < -0.4 is 0 Å². The number of nitrogens with zero attached hydrogens (tertiary/aromatic N) is 1. The molecule has 110 valence electrons. The first-order chi connectivity index (χ1) is 10.1. The Morgan fingerprint density at radius 2 is 2.05 bits per heavy atom. The zero-order valence-corrected chi connectivity index (χ0v) is 12.2. The average Bonchev–Trinajstić information content (AvgIpc) is 3.04. The lowest BCUT2D eigenvalue weighted by atomic mass is 9.89. The van der Waals surface area contributed by atoms with Gasteiger partial charge in [-0.2, -0.15) is 0 Å². The molecule has 3 atom stereocenters. The maximum absolute atomic E-state index is 12.4. The third-order valence-corrected chi connectivity index (χ3v) is 4.76. The fourth-order valence-electron chi connectivity index (χ4n) is 3.45. The van der Waals surface area contributed by atoms with E-state index in [1.165, 1.54) is 6.08 Å². The molecule has 0 saturated carbocycles. The van der Waals surface area contributed by atoms with E-state index >= 15 is 0 Å². The molecule has 1 aromatic carbocycles. The molecule has 2 aliphatic rings. The highest BCUT2D eigenvalue weighted by atomic mass is 35.5. The number of hydrogen-bond acceptors (Lipinski definition) is 2. The van der Waals surface area contributed by atoms with E-state index in [1.807, 2.05) is 18.2 Å². The molecule has 2 bridgehead atoms. The Morgan fingerprint density at radius 1 is 1.29 bits per heavy atom. The minimum Gasteiger partial charge on any atom is -0.481 e. The summed E-state index contributed by atoms with van der Waals surface area (Å²) in [6.45, 7) is 0. The number of fused-ring (bicyclic) bond motifs is 2. The standard InChI is InChI=1S/C16H16ClNO3/c17-13-4-2-1-3-10(13)5-8-15(19)18-11-6-7-14(18)12(9-11)16(20)21/h1-5,8,11-12,14H,6-7,9H2,(H,20,21). The van der Waals surface area contributed by atoms with Crippen molar-refractivity contribution in [3.8, 4) is 0 Å². The fraction of sp³-hybridized carbons (Fsp3) is 0.375. The van der Waals surface area contributed by atoms with Crippen LogP contribution >= 0.6 is 11.6 Å². The molecule has 3 rings (SSSR count). The summed E-state index contributed by atoms with van der Waals surface area (Å²) in [6.07, 6.45) is 5.45. The molecular weight excluding hydrogens is 290 g/mol. The summed E-state index contributed by atoms with van der Waals surface area (Å²) >= 11 is 6.05. The van der Waals surface area contributed by atoms with Gasteiger partial charge in [-0.15, -0.1) is 0 Å². The zero-order chi connectivity index (χ0) is 15.0. The first-order valence-corrected chi connectivity index (χ1v) is 7.43. The van der Waals surface area contributed by atoms with Crippen molar-refractivity contribution in [3.05, 3.63) is 40.9 Å². The van der Waals surface area contributed by atoms with Gasteiger partial charge in [-0.05, 0) is 37.0 Å². The van der Waals surface area contributed by atoms with Crippen molar-refractivity contribution < 1.29 is 14.7 Å². The van der Waals surface area contributed by atoms with Crippen molar-refractivity contribution >= 4 is 29.6 Å². The van der Waals surface area contributed by atoms with Gasteiger partial charge in [0.1, 0.15) is 0 Å². The van der Waals surface area contributed by atoms with Gasteiger partial charge in [0.05, 0.1) is 5.92 Å². The number of halogens is 1. The first-order valence-electron chi connectivity index (χ1n) is 7.05. The van der Waals surface area contributed by atoms with Crippen LogP contribution in [0.3, 0.4) is 0 Å². The van der Waals surface area contributed by atoms with E-state index in [0.29, 0.717) is 11.4 Å². The molecule has 5 heteroatoms. The highest BCUT2D eigenvalue weighted by Crippen LogP contribution is 2.41. The van der Waals surface area contributed by atoms with Gasteiger partial charge in [-0.3, -0.25) is 9.59 Å². The van der Waals surface area contributed by atoms with Gasteiger partial charge >= 0.3 is 5.97 Å². The number of hydrogen-bond donors (Lipinski definition) is 1. The van der Waals surface area contributed by atoms with E-state index in [2.05, 4.69) is 0 Å². The second-order valence-corrected chi connectivity index (χ2v) is 5.99. The van der Waals surface area contributed by atoms with Gasteiger partial charge in [0.25, 0.3) is 0 Å². The lowest BCUT2D eigenvalue weighted by Gasteiger charge is -2.21. The van der Waals surface area contributed by atoms with Gasteiger partial charge in [-0.1, -0.05) is 29.8 Å². The number of amides is 1. The lowest BCUT2D eigenvalue weighted by Crippen LogP contribution is -2.36. The number of rotatable bonds is 3. The van der Waals surface area contributed by atoms with Gasteiger partial charge in [0.2, 0.25) is 5.91 Å². The van der Waals surface area contributed by atoms with E-state index in [9.17, 15) is 14.7 Å². The van der Waals surface area contributed by atoms with Crippen molar-refractivity contribution in [1.82, 2.24) is 4.90 Å². The van der Waals surface area contributed by atoms with Crippen LogP contribution in [0.2, 0.25) is 5.02 Å². The van der Waals surface area contributed by atoms with Gasteiger partial charge in [0.15, 0.2) is 0 Å². The minimum atomic E-state index is -0.796. The summed E-state index contributed by atoms with van der Waals surface area (Å²) in [6, 6.07) is 7.21. The number of carboxylic acids is 1. The summed E-state index contributed by atoms with van der Waals surface area (Å²) in [5.74, 6) is -1.33. The van der Waals surface area contributed by atoms with Crippen molar-refractivity contribution in [2.45, 2.75) is 31.3 Å². The summed E-state index contributed by atoms with van der Waals surface area (Å²) < 4.78 is 0. The van der Waals surface area contributed by atoms with Crippen LogP contribution in [-0.4, -0.2) is 34.0 Å². The zero-order valence-electron chi connectivity index (χ0n) is 11.4. The Hall–Kier alpha value is -1.81. The van der Waals surface area contributed by atoms with E-state index in [0.717, 1.165) is 18.4 Å². The van der Waals surface area contributed by atoms with Crippen LogP contribution in [0.15, 0.2) is 30.3 Å². The third kappa shape index (κ3) is 2.56. The molecule has 21 heavy (non-hydrogen) atoms. The van der Waals surface area contributed by atoms with E-state index in [4.69, 9.17) is 11.6 Å². The second-order valence-electron chi connectivity index (χ2n) is 5.58. The van der Waals surface area contributed by atoms with Crippen molar-refractivity contribution in [2.75, 3.05) is 0 Å². The molecule has 3 unspecified atom stereocenters. The second kappa shape index (κ2) is 5.53. The summed E-state index contributed by atoms with van der Waals surface area (Å²) in [5.41, 5.74) is 0.786. The highest BCUT2D eigenvalue weighted by Gasteiger charge is 2.50.